The van der Waals surface area contributed by atoms with Crippen molar-refractivity contribution < 1.29 is 18.9 Å². The van der Waals surface area contributed by atoms with Crippen LogP contribution in [-0.2, 0) is 0 Å². The Kier molecular flexibility index (Phi) is 5.38. The maximum atomic E-state index is 5.55. The van der Waals surface area contributed by atoms with Gasteiger partial charge < -0.3 is 18.9 Å². The molecule has 3 aliphatic heterocycles. The molecular formula is C24H24N2O4. The molecule has 3 heterocycles. The third-order valence-electron chi connectivity index (χ3n) is 5.46. The van der Waals surface area contributed by atoms with Crippen LogP contribution < -0.4 is 18.9 Å². The van der Waals surface area contributed by atoms with Crippen LogP contribution in [0.25, 0.3) is 0 Å². The van der Waals surface area contributed by atoms with Crippen molar-refractivity contribution in [3.05, 3.63) is 71.8 Å². The maximum Gasteiger partial charge on any atom is 0.231 e. The molecule has 0 saturated carbocycles. The molecule has 2 aromatic carbocycles. The van der Waals surface area contributed by atoms with Crippen LogP contribution >= 0.6 is 0 Å². The van der Waals surface area contributed by atoms with Crippen LogP contribution in [0, 0.1) is 0 Å². The first-order valence-electron chi connectivity index (χ1n) is 10.4. The normalized spacial score (nSPS) is 25.7. The summed E-state index contributed by atoms with van der Waals surface area (Å²) in [7, 11) is 0. The van der Waals surface area contributed by atoms with E-state index in [-0.39, 0.29) is 25.7 Å². The van der Waals surface area contributed by atoms with E-state index in [1.807, 2.05) is 36.4 Å². The van der Waals surface area contributed by atoms with Gasteiger partial charge in [-0.3, -0.25) is 0 Å². The quantitative estimate of drug-likeness (QED) is 0.570. The zero-order valence-electron chi connectivity index (χ0n) is 16.7. The predicted molar refractivity (Wildman–Crippen MR) is 112 cm³/mol. The second-order valence-electron chi connectivity index (χ2n) is 7.48. The van der Waals surface area contributed by atoms with Gasteiger partial charge in [-0.05, 0) is 61.1 Å². The summed E-state index contributed by atoms with van der Waals surface area (Å²) in [4.78, 5) is 0. The minimum atomic E-state index is -0.0735. The van der Waals surface area contributed by atoms with E-state index in [0.717, 1.165) is 59.8 Å². The third-order valence-corrected chi connectivity index (χ3v) is 5.46. The first-order chi connectivity index (χ1) is 14.9. The lowest BCUT2D eigenvalue weighted by Crippen LogP contribution is -1.98. The fourth-order valence-electron chi connectivity index (χ4n) is 3.78. The van der Waals surface area contributed by atoms with E-state index in [1.165, 1.54) is 0 Å². The van der Waals surface area contributed by atoms with Crippen molar-refractivity contribution in [2.24, 2.45) is 10.2 Å². The minimum absolute atomic E-state index is 0.0735. The predicted octanol–water partition coefficient (Wildman–Crippen LogP) is 6.07. The second-order valence-corrected chi connectivity index (χ2v) is 7.48. The standard InChI is InChI=1S/C24H24N2O4/c1-2-4-6-8-20(18-10-12-22-24(14-18)30-16-28-22)26-25-19(7-5-3-1)17-9-11-21-23(13-17)29-15-27-21/h3-6,9-14,19-20H,1-2,7-8,15-16H2/b5-3+,6-4+,26-25+. The lowest BCUT2D eigenvalue weighted by Gasteiger charge is -2.15. The van der Waals surface area contributed by atoms with Crippen molar-refractivity contribution in [3.63, 3.8) is 0 Å². The molecule has 0 amide bonds. The fourth-order valence-corrected chi connectivity index (χ4v) is 3.78. The van der Waals surface area contributed by atoms with Crippen LogP contribution in [0.2, 0.25) is 0 Å². The van der Waals surface area contributed by atoms with Crippen molar-refractivity contribution in [2.45, 2.75) is 37.8 Å². The van der Waals surface area contributed by atoms with Crippen molar-refractivity contribution in [3.8, 4) is 23.0 Å². The summed E-state index contributed by atoms with van der Waals surface area (Å²) in [6, 6.07) is 11.9. The van der Waals surface area contributed by atoms with Gasteiger partial charge in [-0.15, -0.1) is 0 Å². The van der Waals surface area contributed by atoms with Gasteiger partial charge in [0.15, 0.2) is 23.0 Å². The number of allylic oxidation sites excluding steroid dienone is 2. The molecule has 5 rings (SSSR count). The SMILES string of the molecule is C1=C/CC(c2ccc3c(c2)OCO3)/N=N/C(c2ccc3c(c2)OCO3)C/C=C/CC/1. The average Bonchev–Trinajstić information content (AvgIpc) is 3.42. The molecule has 0 aromatic heterocycles. The van der Waals surface area contributed by atoms with Gasteiger partial charge >= 0.3 is 0 Å². The lowest BCUT2D eigenvalue weighted by atomic mass is 10.0. The number of hydrogen-bond donors (Lipinski definition) is 0. The van der Waals surface area contributed by atoms with Gasteiger partial charge in [-0.1, -0.05) is 36.4 Å². The van der Waals surface area contributed by atoms with Crippen LogP contribution in [0.4, 0.5) is 0 Å². The summed E-state index contributed by atoms with van der Waals surface area (Å²) < 4.78 is 22.0. The van der Waals surface area contributed by atoms with Gasteiger partial charge in [0.2, 0.25) is 13.6 Å². The molecule has 30 heavy (non-hydrogen) atoms. The third kappa shape index (κ3) is 4.03. The average molecular weight is 404 g/mol. The van der Waals surface area contributed by atoms with Crippen molar-refractivity contribution in [1.82, 2.24) is 0 Å². The van der Waals surface area contributed by atoms with Crippen molar-refractivity contribution >= 4 is 0 Å². The summed E-state index contributed by atoms with van der Waals surface area (Å²) in [5, 5.41) is 9.55. The molecule has 0 aliphatic carbocycles. The largest absolute Gasteiger partial charge is 0.454 e. The highest BCUT2D eigenvalue weighted by Crippen LogP contribution is 2.38. The number of azo groups is 1. The summed E-state index contributed by atoms with van der Waals surface area (Å²) in [5.41, 5.74) is 2.15. The zero-order chi connectivity index (χ0) is 20.2. The Morgan fingerprint density at radius 3 is 1.53 bits per heavy atom. The van der Waals surface area contributed by atoms with Gasteiger partial charge in [0, 0.05) is 0 Å². The van der Waals surface area contributed by atoms with Gasteiger partial charge in [0.05, 0.1) is 12.1 Å². The van der Waals surface area contributed by atoms with Crippen LogP contribution in [0.15, 0.2) is 70.9 Å². The van der Waals surface area contributed by atoms with Crippen molar-refractivity contribution in [1.29, 1.82) is 0 Å². The number of fused-ring (bicyclic) bond motifs is 2. The maximum absolute atomic E-state index is 5.55. The molecule has 0 spiro atoms. The highest BCUT2D eigenvalue weighted by molar-refractivity contribution is 5.46. The molecule has 2 aromatic rings. The van der Waals surface area contributed by atoms with Crippen LogP contribution in [-0.4, -0.2) is 13.6 Å². The Morgan fingerprint density at radius 2 is 1.03 bits per heavy atom. The molecular weight excluding hydrogens is 380 g/mol. The van der Waals surface area contributed by atoms with Crippen LogP contribution in [0.3, 0.4) is 0 Å². The van der Waals surface area contributed by atoms with E-state index in [9.17, 15) is 0 Å². The van der Waals surface area contributed by atoms with Crippen LogP contribution in [0.5, 0.6) is 23.0 Å². The number of benzene rings is 2. The summed E-state index contributed by atoms with van der Waals surface area (Å²) in [5.74, 6) is 3.10. The monoisotopic (exact) mass is 404 g/mol. The molecule has 3 aliphatic rings. The second kappa shape index (κ2) is 8.61. The number of ether oxygens (including phenoxy) is 4. The summed E-state index contributed by atoms with van der Waals surface area (Å²) in [6.45, 7) is 0.535. The van der Waals surface area contributed by atoms with E-state index >= 15 is 0 Å². The Balaban J connectivity index is 1.45. The molecule has 6 heteroatoms. The molecule has 0 N–H and O–H groups in total. The van der Waals surface area contributed by atoms with Gasteiger partial charge in [0.1, 0.15) is 0 Å². The topological polar surface area (TPSA) is 61.6 Å². The van der Waals surface area contributed by atoms with E-state index < -0.39 is 0 Å². The van der Waals surface area contributed by atoms with E-state index in [4.69, 9.17) is 29.2 Å². The summed E-state index contributed by atoms with van der Waals surface area (Å²) >= 11 is 0. The number of rotatable bonds is 2. The van der Waals surface area contributed by atoms with Gasteiger partial charge in [-0.2, -0.15) is 10.2 Å². The Labute approximate surface area is 175 Å². The Morgan fingerprint density at radius 1 is 0.567 bits per heavy atom. The lowest BCUT2D eigenvalue weighted by molar-refractivity contribution is 0.173. The first kappa shape index (κ1) is 18.7. The van der Waals surface area contributed by atoms with E-state index in [1.54, 1.807) is 0 Å². The molecule has 0 radical (unpaired) electrons. The van der Waals surface area contributed by atoms with Crippen molar-refractivity contribution in [2.75, 3.05) is 13.6 Å². The van der Waals surface area contributed by atoms with E-state index in [0.29, 0.717) is 0 Å². The fraction of sp³-hybridized carbons (Fsp3) is 0.333. The molecule has 0 fully saturated rings. The summed E-state index contributed by atoms with van der Waals surface area (Å²) in [6.07, 6.45) is 12.5. The first-order valence-corrected chi connectivity index (χ1v) is 10.4. The molecule has 2 unspecified atom stereocenters. The number of hydrogen-bond acceptors (Lipinski definition) is 6. The van der Waals surface area contributed by atoms with Crippen LogP contribution in [0.1, 0.15) is 48.9 Å². The molecule has 0 saturated heterocycles. The number of nitrogens with zero attached hydrogens (tertiary/aromatic N) is 2. The Bertz CT molecular complexity index is 919. The molecule has 0 bridgehead atoms. The van der Waals surface area contributed by atoms with Gasteiger partial charge in [-0.25, -0.2) is 0 Å². The molecule has 6 nitrogen and oxygen atoms in total. The van der Waals surface area contributed by atoms with Gasteiger partial charge in [0.25, 0.3) is 0 Å². The zero-order valence-corrected chi connectivity index (χ0v) is 16.7. The Hall–Kier alpha value is -3.28. The highest BCUT2D eigenvalue weighted by Gasteiger charge is 2.20. The smallest absolute Gasteiger partial charge is 0.231 e. The molecule has 2 atom stereocenters. The van der Waals surface area contributed by atoms with E-state index in [2.05, 4.69) is 24.3 Å². The minimum Gasteiger partial charge on any atom is -0.454 e. The highest BCUT2D eigenvalue weighted by atomic mass is 16.7. The molecule has 154 valence electrons.